The Morgan fingerprint density at radius 3 is 2.53 bits per heavy atom. The minimum absolute atomic E-state index is 0.842. The van der Waals surface area contributed by atoms with Gasteiger partial charge in [-0.25, -0.2) is 9.67 Å². The van der Waals surface area contributed by atoms with Crippen LogP contribution in [-0.2, 0) is 6.42 Å². The maximum absolute atomic E-state index is 5.09. The summed E-state index contributed by atoms with van der Waals surface area (Å²) in [6, 6.07) is 7.71. The van der Waals surface area contributed by atoms with Gasteiger partial charge in [0.25, 0.3) is 0 Å². The number of nitrogens with zero attached hydrogens (tertiary/aromatic N) is 3. The first-order valence-corrected chi connectivity index (χ1v) is 4.88. The predicted molar refractivity (Wildman–Crippen MR) is 57.3 cm³/mol. The average molecular weight is 203 g/mol. The van der Waals surface area contributed by atoms with Gasteiger partial charge in [0.1, 0.15) is 12.1 Å². The Balaban J connectivity index is 2.28. The van der Waals surface area contributed by atoms with E-state index in [2.05, 4.69) is 10.1 Å². The SMILES string of the molecule is CCc1ncn(-c2ccc(OC)cc2)n1. The number of benzene rings is 1. The van der Waals surface area contributed by atoms with Crippen LogP contribution in [0, 0.1) is 0 Å². The van der Waals surface area contributed by atoms with Crippen molar-refractivity contribution in [3.63, 3.8) is 0 Å². The summed E-state index contributed by atoms with van der Waals surface area (Å²) < 4.78 is 6.85. The summed E-state index contributed by atoms with van der Waals surface area (Å²) in [5, 5.41) is 4.32. The van der Waals surface area contributed by atoms with Crippen LogP contribution in [0.2, 0.25) is 0 Å². The van der Waals surface area contributed by atoms with Gasteiger partial charge in [0, 0.05) is 6.42 Å². The van der Waals surface area contributed by atoms with Crippen LogP contribution in [0.3, 0.4) is 0 Å². The normalized spacial score (nSPS) is 10.3. The number of methoxy groups -OCH3 is 1. The number of hydrogen-bond donors (Lipinski definition) is 0. The Bertz CT molecular complexity index is 433. The molecular weight excluding hydrogens is 190 g/mol. The zero-order valence-corrected chi connectivity index (χ0v) is 8.84. The van der Waals surface area contributed by atoms with Crippen molar-refractivity contribution in [2.75, 3.05) is 7.11 Å². The van der Waals surface area contributed by atoms with Gasteiger partial charge >= 0.3 is 0 Å². The number of aromatic nitrogens is 3. The summed E-state index contributed by atoms with van der Waals surface area (Å²) in [7, 11) is 1.65. The molecule has 0 saturated carbocycles. The van der Waals surface area contributed by atoms with Crippen molar-refractivity contribution in [2.24, 2.45) is 0 Å². The Morgan fingerprint density at radius 1 is 1.27 bits per heavy atom. The molecule has 0 amide bonds. The smallest absolute Gasteiger partial charge is 0.150 e. The quantitative estimate of drug-likeness (QED) is 0.764. The molecule has 2 rings (SSSR count). The summed E-state index contributed by atoms with van der Waals surface area (Å²) >= 11 is 0. The molecule has 0 aliphatic heterocycles. The highest BCUT2D eigenvalue weighted by Crippen LogP contribution is 2.13. The van der Waals surface area contributed by atoms with Crippen molar-refractivity contribution in [1.82, 2.24) is 14.8 Å². The standard InChI is InChI=1S/C11H13N3O/c1-3-11-12-8-14(13-11)9-4-6-10(15-2)7-5-9/h4-8H,3H2,1-2H3. The van der Waals surface area contributed by atoms with Gasteiger partial charge < -0.3 is 4.74 Å². The van der Waals surface area contributed by atoms with E-state index in [9.17, 15) is 0 Å². The Labute approximate surface area is 88.5 Å². The highest BCUT2D eigenvalue weighted by molar-refractivity contribution is 5.36. The number of hydrogen-bond acceptors (Lipinski definition) is 3. The highest BCUT2D eigenvalue weighted by atomic mass is 16.5. The van der Waals surface area contributed by atoms with Crippen molar-refractivity contribution in [3.05, 3.63) is 36.4 Å². The van der Waals surface area contributed by atoms with Crippen LogP contribution in [0.25, 0.3) is 5.69 Å². The van der Waals surface area contributed by atoms with Crippen LogP contribution in [-0.4, -0.2) is 21.9 Å². The fraction of sp³-hybridized carbons (Fsp3) is 0.273. The molecule has 15 heavy (non-hydrogen) atoms. The lowest BCUT2D eigenvalue weighted by atomic mass is 10.3. The molecule has 0 N–H and O–H groups in total. The lowest BCUT2D eigenvalue weighted by molar-refractivity contribution is 0.414. The van der Waals surface area contributed by atoms with E-state index in [1.165, 1.54) is 0 Å². The number of aryl methyl sites for hydroxylation is 1. The fourth-order valence-electron chi connectivity index (χ4n) is 1.32. The molecule has 78 valence electrons. The monoisotopic (exact) mass is 203 g/mol. The third-order valence-corrected chi connectivity index (χ3v) is 2.19. The third kappa shape index (κ3) is 1.98. The minimum Gasteiger partial charge on any atom is -0.497 e. The largest absolute Gasteiger partial charge is 0.497 e. The molecule has 0 radical (unpaired) electrons. The zero-order valence-electron chi connectivity index (χ0n) is 8.84. The van der Waals surface area contributed by atoms with Gasteiger partial charge in [-0.1, -0.05) is 6.92 Å². The van der Waals surface area contributed by atoms with E-state index >= 15 is 0 Å². The van der Waals surface area contributed by atoms with Gasteiger partial charge in [-0.3, -0.25) is 0 Å². The molecule has 4 heteroatoms. The molecule has 0 bridgehead atoms. The molecule has 1 aromatic heterocycles. The highest BCUT2D eigenvalue weighted by Gasteiger charge is 2.00. The van der Waals surface area contributed by atoms with Crippen LogP contribution in [0.1, 0.15) is 12.7 Å². The van der Waals surface area contributed by atoms with E-state index in [1.54, 1.807) is 18.1 Å². The van der Waals surface area contributed by atoms with Gasteiger partial charge in [0.05, 0.1) is 12.8 Å². The minimum atomic E-state index is 0.842. The summed E-state index contributed by atoms with van der Waals surface area (Å²) in [4.78, 5) is 4.17. The molecule has 4 nitrogen and oxygen atoms in total. The first-order valence-electron chi connectivity index (χ1n) is 4.88. The number of ether oxygens (including phenoxy) is 1. The summed E-state index contributed by atoms with van der Waals surface area (Å²) in [6.45, 7) is 2.04. The van der Waals surface area contributed by atoms with Crippen molar-refractivity contribution in [2.45, 2.75) is 13.3 Å². The molecule has 0 aliphatic rings. The maximum atomic E-state index is 5.09. The fourth-order valence-corrected chi connectivity index (χ4v) is 1.32. The van der Waals surface area contributed by atoms with E-state index in [0.717, 1.165) is 23.7 Å². The predicted octanol–water partition coefficient (Wildman–Crippen LogP) is 1.84. The number of rotatable bonds is 3. The molecule has 0 unspecified atom stereocenters. The third-order valence-electron chi connectivity index (χ3n) is 2.19. The van der Waals surface area contributed by atoms with Gasteiger partial charge in [-0.2, -0.15) is 5.10 Å². The van der Waals surface area contributed by atoms with Crippen molar-refractivity contribution < 1.29 is 4.74 Å². The topological polar surface area (TPSA) is 39.9 Å². The average Bonchev–Trinajstić information content (AvgIpc) is 2.78. The van der Waals surface area contributed by atoms with Crippen LogP contribution >= 0.6 is 0 Å². The molecule has 0 spiro atoms. The van der Waals surface area contributed by atoms with Gasteiger partial charge in [-0.15, -0.1) is 0 Å². The molecule has 1 aromatic carbocycles. The maximum Gasteiger partial charge on any atom is 0.150 e. The van der Waals surface area contributed by atoms with Crippen LogP contribution in [0.5, 0.6) is 5.75 Å². The molecule has 0 fully saturated rings. The molecule has 0 atom stereocenters. The second-order valence-electron chi connectivity index (χ2n) is 3.16. The Morgan fingerprint density at radius 2 is 2.00 bits per heavy atom. The van der Waals surface area contributed by atoms with Crippen LogP contribution < -0.4 is 4.74 Å². The Kier molecular flexibility index (Phi) is 2.67. The van der Waals surface area contributed by atoms with Gasteiger partial charge in [0.15, 0.2) is 5.82 Å². The molecule has 2 aromatic rings. The molecule has 0 saturated heterocycles. The van der Waals surface area contributed by atoms with Crippen molar-refractivity contribution >= 4 is 0 Å². The van der Waals surface area contributed by atoms with Crippen molar-refractivity contribution in [1.29, 1.82) is 0 Å². The lowest BCUT2D eigenvalue weighted by Gasteiger charge is -2.02. The second kappa shape index (κ2) is 4.13. The molecular formula is C11H13N3O. The zero-order chi connectivity index (χ0) is 10.7. The Hall–Kier alpha value is -1.84. The van der Waals surface area contributed by atoms with Gasteiger partial charge in [-0.05, 0) is 24.3 Å². The van der Waals surface area contributed by atoms with Crippen molar-refractivity contribution in [3.8, 4) is 11.4 Å². The van der Waals surface area contributed by atoms with E-state index in [-0.39, 0.29) is 0 Å². The first kappa shape index (κ1) is 9.71. The van der Waals surface area contributed by atoms with E-state index in [4.69, 9.17) is 4.74 Å². The van der Waals surface area contributed by atoms with Gasteiger partial charge in [0.2, 0.25) is 0 Å². The van der Waals surface area contributed by atoms with E-state index < -0.39 is 0 Å². The lowest BCUT2D eigenvalue weighted by Crippen LogP contribution is -1.95. The van der Waals surface area contributed by atoms with E-state index in [1.807, 2.05) is 31.2 Å². The van der Waals surface area contributed by atoms with Crippen LogP contribution in [0.4, 0.5) is 0 Å². The molecule has 1 heterocycles. The van der Waals surface area contributed by atoms with E-state index in [0.29, 0.717) is 0 Å². The summed E-state index contributed by atoms with van der Waals surface area (Å²) in [6.07, 6.45) is 2.57. The summed E-state index contributed by atoms with van der Waals surface area (Å²) in [5.74, 6) is 1.69. The summed E-state index contributed by atoms with van der Waals surface area (Å²) in [5.41, 5.74) is 0.989. The second-order valence-corrected chi connectivity index (χ2v) is 3.16. The van der Waals surface area contributed by atoms with Crippen LogP contribution in [0.15, 0.2) is 30.6 Å². The first-order chi connectivity index (χ1) is 7.33. The molecule has 0 aliphatic carbocycles.